The summed E-state index contributed by atoms with van der Waals surface area (Å²) >= 11 is 0. The van der Waals surface area contributed by atoms with Crippen LogP contribution in [-0.4, -0.2) is 126 Å². The first-order valence-corrected chi connectivity index (χ1v) is 17.3. The van der Waals surface area contributed by atoms with E-state index in [4.69, 9.17) is 70.7 Å². The lowest BCUT2D eigenvalue weighted by Crippen LogP contribution is -2.42. The monoisotopic (exact) mass is 802 g/mol. The van der Waals surface area contributed by atoms with Gasteiger partial charge in [0.05, 0.1) is 19.7 Å². The molecule has 20 N–H and O–H groups in total. The summed E-state index contributed by atoms with van der Waals surface area (Å²) < 4.78 is 13.9. The van der Waals surface area contributed by atoms with Crippen molar-refractivity contribution in [3.05, 3.63) is 29.8 Å². The molecule has 0 aliphatic carbocycles. The van der Waals surface area contributed by atoms with Crippen LogP contribution >= 0.6 is 0 Å². The molecule has 23 nitrogen and oxygen atoms in total. The van der Waals surface area contributed by atoms with Crippen molar-refractivity contribution in [2.24, 2.45) is 56.8 Å². The summed E-state index contributed by atoms with van der Waals surface area (Å²) in [5, 5.41) is 27.5. The van der Waals surface area contributed by atoms with Crippen LogP contribution in [0.2, 0.25) is 0 Å². The lowest BCUT2D eigenvalue weighted by Gasteiger charge is -2.17. The van der Waals surface area contributed by atoms with Gasteiger partial charge in [-0.15, -0.1) is 0 Å². The summed E-state index contributed by atoms with van der Waals surface area (Å²) in [4.78, 5) is 79.6. The molecule has 23 heteroatoms. The van der Waals surface area contributed by atoms with Crippen molar-refractivity contribution in [3.8, 4) is 5.75 Å². The number of hydrogen-bond acceptors (Lipinski definition) is 19. The molecule has 0 radical (unpaired) electrons. The predicted octanol–water partition coefficient (Wildman–Crippen LogP) is -4.53. The molecule has 2 rings (SSSR count). The fourth-order valence-corrected chi connectivity index (χ4v) is 3.76. The van der Waals surface area contributed by atoms with Crippen LogP contribution in [0.3, 0.4) is 0 Å². The van der Waals surface area contributed by atoms with Gasteiger partial charge in [0.2, 0.25) is 0 Å². The molecule has 0 saturated carbocycles. The molecule has 0 aromatic heterocycles. The van der Waals surface area contributed by atoms with Crippen LogP contribution in [0.25, 0.3) is 0 Å². The zero-order valence-corrected chi connectivity index (χ0v) is 31.5. The number of hydrogen-bond donors (Lipinski definition) is 12. The molecule has 56 heavy (non-hydrogen) atoms. The second-order valence-electron chi connectivity index (χ2n) is 12.0. The Hall–Kier alpha value is -5.14. The van der Waals surface area contributed by atoms with Gasteiger partial charge in [0.15, 0.2) is 5.96 Å². The van der Waals surface area contributed by atoms with Crippen LogP contribution < -0.4 is 55.9 Å². The highest BCUT2D eigenvalue weighted by molar-refractivity contribution is 5.91. The zero-order valence-electron chi connectivity index (χ0n) is 31.5. The molecule has 0 bridgehead atoms. The quantitative estimate of drug-likeness (QED) is 0.0176. The highest BCUT2D eigenvalue weighted by atomic mass is 16.6. The van der Waals surface area contributed by atoms with Gasteiger partial charge in [-0.3, -0.25) is 24.2 Å². The number of aliphatic hydroxyl groups is 1. The minimum absolute atomic E-state index is 0.0190. The van der Waals surface area contributed by atoms with E-state index in [0.29, 0.717) is 25.1 Å². The van der Waals surface area contributed by atoms with E-state index in [9.17, 15) is 33.6 Å². The minimum Gasteiger partial charge on any atom is -0.480 e. The van der Waals surface area contributed by atoms with Gasteiger partial charge in [0, 0.05) is 6.54 Å². The number of nitrogens with one attached hydrogen (secondary N) is 1. The van der Waals surface area contributed by atoms with Crippen LogP contribution in [0.15, 0.2) is 29.3 Å². The SMILES string of the molecule is CC[C@H](C)[C@H](N)C(=O)OC(=O)[C@@H]1CCCN1.NCC(=O)OC(=O)[C@@H](N)CCCN=C(N)N.NCC(=O)Oc1ccc(C[C@H](N)C(=O)O)cc1.N[C@@H](CO)C(=O)O. The standard InChI is InChI=1S/C11H14N2O4.C11H20N2O3.C8H17N5O3.C3H7NO3/c12-6-10(14)17-8-3-1-7(2-4-8)5-9(13)11(15)16;1-3-7(2)9(12)11(15)16-10(14)8-5-4-6-13-8;9-4-6(14)16-7(15)5(10)2-1-3-13-8(11)12;4-2(1-5)3(6)7/h1-4,9H,5-6,12-13H2,(H,15,16);7-9,13H,3-6,12H2,1-2H3;5H,1-4,9-10H2,(H4,11,12,13);2,5H,1,4H2,(H,6,7)/t9-;7-,8-,9-;5-;2-/m0000/s1. The van der Waals surface area contributed by atoms with Crippen LogP contribution in [0.5, 0.6) is 5.75 Å². The summed E-state index contributed by atoms with van der Waals surface area (Å²) in [7, 11) is 0. The van der Waals surface area contributed by atoms with Gasteiger partial charge in [-0.05, 0) is 62.3 Å². The number of carbonyl (C=O) groups excluding carboxylic acids is 5. The maximum atomic E-state index is 11.5. The van der Waals surface area contributed by atoms with Crippen LogP contribution in [0, 0.1) is 5.92 Å². The molecule has 1 aromatic rings. The normalized spacial score (nSPS) is 15.4. The highest BCUT2D eigenvalue weighted by Gasteiger charge is 2.29. The van der Waals surface area contributed by atoms with E-state index in [1.54, 1.807) is 24.3 Å². The number of nitrogens with two attached hydrogens (primary N) is 8. The largest absolute Gasteiger partial charge is 0.480 e. The molecular formula is C33H58N10O13. The van der Waals surface area contributed by atoms with Crippen molar-refractivity contribution in [2.75, 3.05) is 32.8 Å². The average Bonchev–Trinajstić information content (AvgIpc) is 3.72. The third-order valence-corrected chi connectivity index (χ3v) is 7.34. The maximum Gasteiger partial charge on any atom is 0.330 e. The van der Waals surface area contributed by atoms with E-state index in [-0.39, 0.29) is 37.4 Å². The first-order chi connectivity index (χ1) is 26.2. The summed E-state index contributed by atoms with van der Waals surface area (Å²) in [6, 6.07) is 2.46. The Labute approximate surface area is 323 Å². The van der Waals surface area contributed by atoms with Gasteiger partial charge < -0.3 is 80.7 Å². The van der Waals surface area contributed by atoms with Crippen molar-refractivity contribution < 1.29 is 63.1 Å². The summed E-state index contributed by atoms with van der Waals surface area (Å²) in [5.41, 5.74) is 42.3. The molecule has 0 spiro atoms. The van der Waals surface area contributed by atoms with E-state index < -0.39 is 72.6 Å². The second-order valence-corrected chi connectivity index (χ2v) is 12.0. The van der Waals surface area contributed by atoms with Gasteiger partial charge in [0.1, 0.15) is 36.0 Å². The number of guanidine groups is 1. The number of carbonyl (C=O) groups is 7. The molecule has 1 heterocycles. The Bertz CT molecular complexity index is 1410. The zero-order chi connectivity index (χ0) is 43.4. The van der Waals surface area contributed by atoms with Crippen molar-refractivity contribution in [3.63, 3.8) is 0 Å². The fraction of sp³-hybridized carbons (Fsp3) is 0.576. The molecule has 0 amide bonds. The predicted molar refractivity (Wildman–Crippen MR) is 201 cm³/mol. The molecule has 1 fully saturated rings. The molecule has 0 unspecified atom stereocenters. The van der Waals surface area contributed by atoms with E-state index in [2.05, 4.69) is 15.0 Å². The number of rotatable bonds is 17. The Morgan fingerprint density at radius 2 is 1.43 bits per heavy atom. The van der Waals surface area contributed by atoms with Crippen molar-refractivity contribution in [1.82, 2.24) is 5.32 Å². The Morgan fingerprint density at radius 3 is 1.86 bits per heavy atom. The maximum absolute atomic E-state index is 11.5. The number of aliphatic carboxylic acids is 2. The molecule has 1 saturated heterocycles. The van der Waals surface area contributed by atoms with Crippen LogP contribution in [0.4, 0.5) is 0 Å². The van der Waals surface area contributed by atoms with E-state index in [0.717, 1.165) is 31.4 Å². The van der Waals surface area contributed by atoms with Gasteiger partial charge in [-0.1, -0.05) is 32.4 Å². The number of aliphatic imine (C=N–C) groups is 1. The number of ether oxygens (including phenoxy) is 3. The van der Waals surface area contributed by atoms with E-state index >= 15 is 0 Å². The fourth-order valence-electron chi connectivity index (χ4n) is 3.76. The molecule has 1 aliphatic heterocycles. The first kappa shape index (κ1) is 53.0. The highest BCUT2D eigenvalue weighted by Crippen LogP contribution is 2.13. The summed E-state index contributed by atoms with van der Waals surface area (Å²) in [6.07, 6.45) is 3.51. The number of esters is 5. The van der Waals surface area contributed by atoms with Gasteiger partial charge in [-0.2, -0.15) is 0 Å². The molecule has 1 aliphatic rings. The minimum atomic E-state index is -1.18. The van der Waals surface area contributed by atoms with Gasteiger partial charge in [-0.25, -0.2) is 14.4 Å². The molecule has 318 valence electrons. The van der Waals surface area contributed by atoms with Gasteiger partial charge in [0.25, 0.3) is 0 Å². The van der Waals surface area contributed by atoms with Crippen molar-refractivity contribution >= 4 is 47.7 Å². The third-order valence-electron chi connectivity index (χ3n) is 7.34. The number of carboxylic acids is 2. The number of benzene rings is 1. The average molecular weight is 803 g/mol. The Kier molecular flexibility index (Phi) is 28.5. The number of aliphatic hydroxyl groups excluding tert-OH is 1. The molecule has 6 atom stereocenters. The van der Waals surface area contributed by atoms with Crippen LogP contribution in [0.1, 0.15) is 51.5 Å². The number of nitrogens with zero attached hydrogens (tertiary/aromatic N) is 1. The van der Waals surface area contributed by atoms with Gasteiger partial charge >= 0.3 is 41.8 Å². The van der Waals surface area contributed by atoms with Crippen molar-refractivity contribution in [1.29, 1.82) is 0 Å². The first-order valence-electron chi connectivity index (χ1n) is 17.3. The van der Waals surface area contributed by atoms with E-state index in [1.165, 1.54) is 0 Å². The third kappa shape index (κ3) is 25.0. The topological polar surface area (TPSA) is 440 Å². The second kappa shape index (κ2) is 30.1. The smallest absolute Gasteiger partial charge is 0.330 e. The van der Waals surface area contributed by atoms with E-state index in [1.807, 2.05) is 13.8 Å². The van der Waals surface area contributed by atoms with Crippen LogP contribution in [-0.2, 0) is 49.5 Å². The summed E-state index contributed by atoms with van der Waals surface area (Å²) in [6.45, 7) is 3.93. The lowest BCUT2D eigenvalue weighted by molar-refractivity contribution is -0.163. The van der Waals surface area contributed by atoms with Crippen molar-refractivity contribution in [2.45, 2.75) is 82.6 Å². The Morgan fingerprint density at radius 1 is 0.857 bits per heavy atom. The molecular weight excluding hydrogens is 744 g/mol. The summed E-state index contributed by atoms with van der Waals surface area (Å²) in [5.74, 6) is -5.09. The molecule has 1 aromatic carbocycles. The lowest BCUT2D eigenvalue weighted by atomic mass is 10.0. The number of carboxylic acid groups (broad SMARTS) is 2. The Balaban J connectivity index is 0.